The van der Waals surface area contributed by atoms with Crippen molar-refractivity contribution in [3.05, 3.63) is 94.1 Å². The Bertz CT molecular complexity index is 1730. The average molecular weight is 633 g/mol. The van der Waals surface area contributed by atoms with Crippen LogP contribution in [0, 0.1) is 11.3 Å². The van der Waals surface area contributed by atoms with Crippen LogP contribution in [0.5, 0.6) is 11.5 Å². The van der Waals surface area contributed by atoms with Gasteiger partial charge in [-0.3, -0.25) is 9.78 Å². The quantitative estimate of drug-likeness (QED) is 0.171. The van der Waals surface area contributed by atoms with Crippen LogP contribution in [0.1, 0.15) is 17.5 Å². The van der Waals surface area contributed by atoms with Gasteiger partial charge >= 0.3 is 0 Å². The van der Waals surface area contributed by atoms with Gasteiger partial charge in [0.2, 0.25) is 5.91 Å². The molecule has 9 nitrogen and oxygen atoms in total. The number of carbonyl (C=O) groups excluding carboxylic acids is 1. The summed E-state index contributed by atoms with van der Waals surface area (Å²) in [4.78, 5) is 19.4. The highest BCUT2D eigenvalue weighted by molar-refractivity contribution is 6.32. The Kier molecular flexibility index (Phi) is 10.2. The van der Waals surface area contributed by atoms with Crippen LogP contribution in [0.2, 0.25) is 10.0 Å². The largest absolute Gasteiger partial charge is 0.487 e. The van der Waals surface area contributed by atoms with E-state index in [0.717, 1.165) is 12.0 Å². The van der Waals surface area contributed by atoms with Crippen molar-refractivity contribution in [2.75, 3.05) is 44.5 Å². The third-order valence-corrected chi connectivity index (χ3v) is 7.31. The van der Waals surface area contributed by atoms with E-state index in [1.165, 1.54) is 12.3 Å². The number of rotatable bonds is 11. The van der Waals surface area contributed by atoms with Crippen molar-refractivity contribution in [1.82, 2.24) is 9.88 Å². The standard InChI is InChI=1S/C33H31Cl2N5O4/c1-40(2)13-4-7-30(41)39-33-29(44-25-12-14-42-20-25)11-9-26-31(22(17-36)18-37-32(26)33)38-24-8-10-28(27(35)16-24)43-19-21-5-3-6-23(34)15-21/h3-11,15-16,18,25H,12-14,19-20H2,1-2H3,(H,37,38)(H,39,41)/b7-4+/t25-/m0/s1. The Labute approximate surface area is 265 Å². The molecule has 1 atom stereocenters. The van der Waals surface area contributed by atoms with E-state index in [1.54, 1.807) is 30.3 Å². The van der Waals surface area contributed by atoms with Crippen LogP contribution < -0.4 is 20.1 Å². The van der Waals surface area contributed by atoms with Gasteiger partial charge in [0, 0.05) is 41.3 Å². The second-order valence-electron chi connectivity index (χ2n) is 10.4. The summed E-state index contributed by atoms with van der Waals surface area (Å²) in [7, 11) is 3.84. The number of pyridine rings is 1. The van der Waals surface area contributed by atoms with Gasteiger partial charge in [-0.05, 0) is 62.1 Å². The Hall–Kier alpha value is -4.33. The number of nitrogens with zero attached hydrogens (tertiary/aromatic N) is 3. The summed E-state index contributed by atoms with van der Waals surface area (Å²) < 4.78 is 17.6. The van der Waals surface area contributed by atoms with Crippen LogP contribution in [-0.2, 0) is 16.1 Å². The Morgan fingerprint density at radius 3 is 2.73 bits per heavy atom. The maximum absolute atomic E-state index is 12.9. The van der Waals surface area contributed by atoms with Gasteiger partial charge in [0.15, 0.2) is 0 Å². The summed E-state index contributed by atoms with van der Waals surface area (Å²) in [5.74, 6) is 0.643. The molecule has 1 amide bonds. The molecule has 0 bridgehead atoms. The first-order chi connectivity index (χ1) is 21.3. The minimum atomic E-state index is -0.326. The predicted octanol–water partition coefficient (Wildman–Crippen LogP) is 6.96. The molecule has 2 heterocycles. The normalized spacial score (nSPS) is 14.6. The molecule has 4 aromatic rings. The number of halogens is 2. The Morgan fingerprint density at radius 1 is 1.16 bits per heavy atom. The van der Waals surface area contributed by atoms with E-state index in [0.29, 0.717) is 81.4 Å². The molecule has 1 fully saturated rings. The fraction of sp³-hybridized carbons (Fsp3) is 0.242. The fourth-order valence-corrected chi connectivity index (χ4v) is 5.08. The van der Waals surface area contributed by atoms with Crippen molar-refractivity contribution < 1.29 is 19.0 Å². The lowest BCUT2D eigenvalue weighted by atomic mass is 10.1. The van der Waals surface area contributed by atoms with Crippen molar-refractivity contribution in [3.63, 3.8) is 0 Å². The van der Waals surface area contributed by atoms with Gasteiger partial charge in [-0.2, -0.15) is 5.26 Å². The molecule has 0 spiro atoms. The van der Waals surface area contributed by atoms with Crippen LogP contribution in [0.4, 0.5) is 17.1 Å². The summed E-state index contributed by atoms with van der Waals surface area (Å²) in [6.45, 7) is 1.98. The van der Waals surface area contributed by atoms with Crippen LogP contribution >= 0.6 is 23.2 Å². The molecule has 226 valence electrons. The number of nitriles is 1. The summed E-state index contributed by atoms with van der Waals surface area (Å²) >= 11 is 12.7. The first kappa shape index (κ1) is 31.1. The molecule has 1 aromatic heterocycles. The second-order valence-corrected chi connectivity index (χ2v) is 11.3. The van der Waals surface area contributed by atoms with Gasteiger partial charge in [-0.25, -0.2) is 0 Å². The molecule has 44 heavy (non-hydrogen) atoms. The van der Waals surface area contributed by atoms with Crippen LogP contribution in [0.25, 0.3) is 10.9 Å². The van der Waals surface area contributed by atoms with E-state index in [9.17, 15) is 10.1 Å². The number of carbonyl (C=O) groups is 1. The number of likely N-dealkylation sites (N-methyl/N-ethyl adjacent to an activating group) is 1. The topological polar surface area (TPSA) is 109 Å². The Morgan fingerprint density at radius 2 is 2.00 bits per heavy atom. The van der Waals surface area contributed by atoms with E-state index in [4.69, 9.17) is 37.4 Å². The number of nitrogens with one attached hydrogen (secondary N) is 2. The highest BCUT2D eigenvalue weighted by Crippen LogP contribution is 2.39. The maximum atomic E-state index is 12.9. The third-order valence-electron chi connectivity index (χ3n) is 6.78. The van der Waals surface area contributed by atoms with Gasteiger partial charge in [0.1, 0.15) is 36.0 Å². The summed E-state index contributed by atoms with van der Waals surface area (Å²) in [5, 5.41) is 17.9. The molecular weight excluding hydrogens is 601 g/mol. The minimum Gasteiger partial charge on any atom is -0.487 e. The van der Waals surface area contributed by atoms with Crippen LogP contribution in [0.3, 0.4) is 0 Å². The molecule has 0 saturated carbocycles. The van der Waals surface area contributed by atoms with Crippen molar-refractivity contribution in [3.8, 4) is 17.6 Å². The number of hydrogen-bond acceptors (Lipinski definition) is 8. The molecule has 1 saturated heterocycles. The zero-order valence-electron chi connectivity index (χ0n) is 24.3. The van der Waals surface area contributed by atoms with Gasteiger partial charge < -0.3 is 29.7 Å². The summed E-state index contributed by atoms with van der Waals surface area (Å²) in [5.41, 5.74) is 3.24. The van der Waals surface area contributed by atoms with Crippen molar-refractivity contribution in [1.29, 1.82) is 5.26 Å². The molecular formula is C33H31Cl2N5O4. The van der Waals surface area contributed by atoms with E-state index in [2.05, 4.69) is 21.7 Å². The third kappa shape index (κ3) is 7.78. The van der Waals surface area contributed by atoms with E-state index in [1.807, 2.05) is 49.3 Å². The van der Waals surface area contributed by atoms with Crippen molar-refractivity contribution in [2.45, 2.75) is 19.1 Å². The minimum absolute atomic E-state index is 0.148. The fourth-order valence-electron chi connectivity index (χ4n) is 4.63. The van der Waals surface area contributed by atoms with Gasteiger partial charge in [0.05, 0.1) is 35.0 Å². The maximum Gasteiger partial charge on any atom is 0.248 e. The number of anilines is 3. The number of ether oxygens (including phenoxy) is 3. The molecule has 0 unspecified atom stereocenters. The molecule has 11 heteroatoms. The SMILES string of the molecule is CN(C)C/C=C/C(=O)Nc1c(O[C@H]2CCOC2)ccc2c(Nc3ccc(OCc4cccc(Cl)c4)c(Cl)c3)c(C#N)cnc12. The molecule has 3 aromatic carbocycles. The zero-order valence-corrected chi connectivity index (χ0v) is 25.8. The van der Waals surface area contributed by atoms with Gasteiger partial charge in [0.25, 0.3) is 0 Å². The van der Waals surface area contributed by atoms with E-state index in [-0.39, 0.29) is 12.0 Å². The zero-order chi connectivity index (χ0) is 31.1. The molecule has 0 aliphatic carbocycles. The summed E-state index contributed by atoms with van der Waals surface area (Å²) in [6, 6.07) is 18.5. The monoisotopic (exact) mass is 631 g/mol. The van der Waals surface area contributed by atoms with E-state index >= 15 is 0 Å². The molecule has 5 rings (SSSR count). The number of hydrogen-bond donors (Lipinski definition) is 2. The first-order valence-corrected chi connectivity index (χ1v) is 14.7. The number of aromatic nitrogens is 1. The lowest BCUT2D eigenvalue weighted by Gasteiger charge is -2.19. The number of benzene rings is 3. The lowest BCUT2D eigenvalue weighted by Crippen LogP contribution is -2.18. The second kappa shape index (κ2) is 14.4. The van der Waals surface area contributed by atoms with Gasteiger partial charge in [-0.15, -0.1) is 0 Å². The van der Waals surface area contributed by atoms with Crippen molar-refractivity contribution in [2.24, 2.45) is 0 Å². The average Bonchev–Trinajstić information content (AvgIpc) is 3.51. The highest BCUT2D eigenvalue weighted by atomic mass is 35.5. The first-order valence-electron chi connectivity index (χ1n) is 14.0. The van der Waals surface area contributed by atoms with Gasteiger partial charge in [-0.1, -0.05) is 41.4 Å². The molecule has 0 radical (unpaired) electrons. The smallest absolute Gasteiger partial charge is 0.248 e. The number of fused-ring (bicyclic) bond motifs is 1. The predicted molar refractivity (Wildman–Crippen MR) is 173 cm³/mol. The van der Waals surface area contributed by atoms with E-state index < -0.39 is 0 Å². The lowest BCUT2D eigenvalue weighted by molar-refractivity contribution is -0.111. The molecule has 2 N–H and O–H groups in total. The highest BCUT2D eigenvalue weighted by Gasteiger charge is 2.22. The van der Waals surface area contributed by atoms with Crippen LogP contribution in [-0.4, -0.2) is 55.7 Å². The van der Waals surface area contributed by atoms with Crippen molar-refractivity contribution >= 4 is 57.1 Å². The summed E-state index contributed by atoms with van der Waals surface area (Å²) in [6.07, 6.45) is 5.30. The number of amides is 1. The Balaban J connectivity index is 1.46. The molecule has 1 aliphatic rings. The molecule has 1 aliphatic heterocycles. The van der Waals surface area contributed by atoms with Crippen LogP contribution in [0.15, 0.2) is 72.9 Å².